The highest BCUT2D eigenvalue weighted by Crippen LogP contribution is 2.25. The number of likely N-dealkylation sites (tertiary alicyclic amines) is 1. The van der Waals surface area contributed by atoms with Gasteiger partial charge in [-0.3, -0.25) is 4.90 Å². The summed E-state index contributed by atoms with van der Waals surface area (Å²) in [7, 11) is 0. The number of hydrogen-bond acceptors (Lipinski definition) is 5. The van der Waals surface area contributed by atoms with Gasteiger partial charge in [0.25, 0.3) is 0 Å². The quantitative estimate of drug-likeness (QED) is 0.757. The first kappa shape index (κ1) is 17.0. The van der Waals surface area contributed by atoms with Crippen LogP contribution in [0.1, 0.15) is 29.5 Å². The Bertz CT molecular complexity index is 908. The average molecular weight is 350 g/mol. The summed E-state index contributed by atoms with van der Waals surface area (Å²) in [4.78, 5) is 6.97. The lowest BCUT2D eigenvalue weighted by molar-refractivity contribution is 0.206. The Labute approximate surface area is 154 Å². The topological polar surface area (TPSA) is 71.5 Å². The molecule has 1 saturated heterocycles. The van der Waals surface area contributed by atoms with Gasteiger partial charge in [-0.2, -0.15) is 5.10 Å². The maximum Gasteiger partial charge on any atom is 0.158 e. The first-order chi connectivity index (χ1) is 12.6. The van der Waals surface area contributed by atoms with E-state index in [1.165, 1.54) is 16.7 Å². The first-order valence-electron chi connectivity index (χ1n) is 9.23. The van der Waals surface area contributed by atoms with E-state index >= 15 is 0 Å². The molecule has 0 spiro atoms. The van der Waals surface area contributed by atoms with Crippen LogP contribution in [0.2, 0.25) is 0 Å². The fraction of sp³-hybridized carbons (Fsp3) is 0.400. The first-order valence-corrected chi connectivity index (χ1v) is 9.23. The van der Waals surface area contributed by atoms with E-state index in [1.54, 1.807) is 6.33 Å². The fourth-order valence-corrected chi connectivity index (χ4v) is 3.55. The summed E-state index contributed by atoms with van der Waals surface area (Å²) in [5.41, 5.74) is 11.9. The fourth-order valence-electron chi connectivity index (χ4n) is 3.55. The van der Waals surface area contributed by atoms with Crippen LogP contribution in [0.5, 0.6) is 0 Å². The Hall–Kier alpha value is -2.44. The predicted molar refractivity (Wildman–Crippen MR) is 105 cm³/mol. The largest absolute Gasteiger partial charge is 0.338 e. The third-order valence-corrected chi connectivity index (χ3v) is 5.33. The Morgan fingerprint density at radius 3 is 2.73 bits per heavy atom. The smallest absolute Gasteiger partial charge is 0.158 e. The summed E-state index contributed by atoms with van der Waals surface area (Å²) < 4.78 is 1.90. The molecule has 0 atom stereocenters. The number of aromatic nitrogens is 3. The molecule has 0 saturated carbocycles. The second kappa shape index (κ2) is 7.05. The van der Waals surface area contributed by atoms with Crippen LogP contribution in [0.25, 0.3) is 5.52 Å². The molecule has 0 bridgehead atoms. The third kappa shape index (κ3) is 3.43. The Balaban J connectivity index is 1.62. The van der Waals surface area contributed by atoms with Crippen LogP contribution in [-0.4, -0.2) is 38.6 Å². The highest BCUT2D eigenvalue weighted by Gasteiger charge is 2.18. The molecule has 0 aliphatic carbocycles. The van der Waals surface area contributed by atoms with E-state index in [0.29, 0.717) is 6.04 Å². The van der Waals surface area contributed by atoms with Gasteiger partial charge in [-0.05, 0) is 74.7 Å². The minimum absolute atomic E-state index is 0.349. The highest BCUT2D eigenvalue weighted by molar-refractivity contribution is 5.76. The summed E-state index contributed by atoms with van der Waals surface area (Å²) in [6.45, 7) is 7.24. The second-order valence-corrected chi connectivity index (χ2v) is 7.28. The minimum Gasteiger partial charge on any atom is -0.338 e. The Morgan fingerprint density at radius 1 is 1.15 bits per heavy atom. The SMILES string of the molecule is Cc1ccc(Nc2ncnn3ccc(CN4CCC(N)CC4)c23)cc1C. The summed E-state index contributed by atoms with van der Waals surface area (Å²) in [6.07, 6.45) is 5.74. The number of benzene rings is 1. The van der Waals surface area contributed by atoms with Crippen molar-refractivity contribution in [3.05, 3.63) is 53.5 Å². The molecule has 1 aliphatic rings. The van der Waals surface area contributed by atoms with Crippen LogP contribution in [0.3, 0.4) is 0 Å². The minimum atomic E-state index is 0.349. The molecule has 0 radical (unpaired) electrons. The number of anilines is 2. The number of piperidine rings is 1. The molecule has 1 aromatic carbocycles. The molecule has 6 heteroatoms. The lowest BCUT2D eigenvalue weighted by Gasteiger charge is -2.29. The van der Waals surface area contributed by atoms with Crippen molar-refractivity contribution in [2.45, 2.75) is 39.3 Å². The number of aryl methyl sites for hydroxylation is 2. The van der Waals surface area contributed by atoms with E-state index in [9.17, 15) is 0 Å². The van der Waals surface area contributed by atoms with Crippen molar-refractivity contribution < 1.29 is 0 Å². The molecule has 0 unspecified atom stereocenters. The zero-order chi connectivity index (χ0) is 18.1. The van der Waals surface area contributed by atoms with E-state index in [2.05, 4.69) is 58.4 Å². The lowest BCUT2D eigenvalue weighted by atomic mass is 10.1. The third-order valence-electron chi connectivity index (χ3n) is 5.33. The van der Waals surface area contributed by atoms with Gasteiger partial charge < -0.3 is 11.1 Å². The molecular weight excluding hydrogens is 324 g/mol. The van der Waals surface area contributed by atoms with Gasteiger partial charge in [0, 0.05) is 24.5 Å². The zero-order valence-corrected chi connectivity index (χ0v) is 15.4. The Kier molecular flexibility index (Phi) is 4.61. The van der Waals surface area contributed by atoms with Crippen molar-refractivity contribution in [3.63, 3.8) is 0 Å². The van der Waals surface area contributed by atoms with Crippen molar-refractivity contribution >= 4 is 17.0 Å². The molecule has 1 aliphatic heterocycles. The van der Waals surface area contributed by atoms with Crippen molar-refractivity contribution in [2.24, 2.45) is 5.73 Å². The molecular formula is C20H26N6. The summed E-state index contributed by atoms with van der Waals surface area (Å²) in [6, 6.07) is 8.87. The van der Waals surface area contributed by atoms with E-state index < -0.39 is 0 Å². The van der Waals surface area contributed by atoms with Crippen LogP contribution in [0, 0.1) is 13.8 Å². The van der Waals surface area contributed by atoms with Gasteiger partial charge in [0.15, 0.2) is 5.82 Å². The van der Waals surface area contributed by atoms with Gasteiger partial charge in [0.2, 0.25) is 0 Å². The Morgan fingerprint density at radius 2 is 1.96 bits per heavy atom. The molecule has 2 aromatic heterocycles. The number of rotatable bonds is 4. The van der Waals surface area contributed by atoms with Crippen LogP contribution in [0.4, 0.5) is 11.5 Å². The van der Waals surface area contributed by atoms with E-state index in [1.807, 2.05) is 10.7 Å². The number of hydrogen-bond donors (Lipinski definition) is 2. The van der Waals surface area contributed by atoms with Crippen molar-refractivity contribution in [2.75, 3.05) is 18.4 Å². The van der Waals surface area contributed by atoms with Crippen molar-refractivity contribution in [1.29, 1.82) is 0 Å². The van der Waals surface area contributed by atoms with Gasteiger partial charge in [-0.1, -0.05) is 6.07 Å². The van der Waals surface area contributed by atoms with Gasteiger partial charge in [-0.15, -0.1) is 0 Å². The van der Waals surface area contributed by atoms with Gasteiger partial charge >= 0.3 is 0 Å². The van der Waals surface area contributed by atoms with Gasteiger partial charge in [0.1, 0.15) is 11.8 Å². The molecule has 136 valence electrons. The number of nitrogens with one attached hydrogen (secondary N) is 1. The van der Waals surface area contributed by atoms with Crippen molar-refractivity contribution in [1.82, 2.24) is 19.5 Å². The molecule has 3 aromatic rings. The highest BCUT2D eigenvalue weighted by atomic mass is 15.3. The van der Waals surface area contributed by atoms with Crippen molar-refractivity contribution in [3.8, 4) is 0 Å². The average Bonchev–Trinajstić information content (AvgIpc) is 3.04. The molecule has 3 N–H and O–H groups in total. The molecule has 0 amide bonds. The van der Waals surface area contributed by atoms with Crippen LogP contribution in [0.15, 0.2) is 36.8 Å². The van der Waals surface area contributed by atoms with Gasteiger partial charge in [-0.25, -0.2) is 9.50 Å². The number of nitrogens with zero attached hydrogens (tertiary/aromatic N) is 4. The monoisotopic (exact) mass is 350 g/mol. The second-order valence-electron chi connectivity index (χ2n) is 7.28. The maximum atomic E-state index is 6.03. The summed E-state index contributed by atoms with van der Waals surface area (Å²) >= 11 is 0. The molecule has 3 heterocycles. The van der Waals surface area contributed by atoms with Crippen LogP contribution < -0.4 is 11.1 Å². The lowest BCUT2D eigenvalue weighted by Crippen LogP contribution is -2.39. The molecule has 6 nitrogen and oxygen atoms in total. The zero-order valence-electron chi connectivity index (χ0n) is 15.4. The summed E-state index contributed by atoms with van der Waals surface area (Å²) in [5, 5.41) is 7.84. The molecule has 26 heavy (non-hydrogen) atoms. The normalized spacial score (nSPS) is 16.3. The van der Waals surface area contributed by atoms with E-state index in [-0.39, 0.29) is 0 Å². The van der Waals surface area contributed by atoms with Crippen LogP contribution >= 0.6 is 0 Å². The van der Waals surface area contributed by atoms with Crippen LogP contribution in [-0.2, 0) is 6.54 Å². The number of nitrogens with two attached hydrogens (primary N) is 1. The summed E-state index contributed by atoms with van der Waals surface area (Å²) in [5.74, 6) is 0.844. The number of fused-ring (bicyclic) bond motifs is 1. The molecule has 1 fully saturated rings. The predicted octanol–water partition coefficient (Wildman–Crippen LogP) is 3.01. The van der Waals surface area contributed by atoms with E-state index in [0.717, 1.165) is 49.5 Å². The van der Waals surface area contributed by atoms with E-state index in [4.69, 9.17) is 5.73 Å². The standard InChI is InChI=1S/C20H26N6/c1-14-3-4-18(11-15(14)2)24-20-19-16(5-10-26(19)23-13-22-20)12-25-8-6-17(21)7-9-25/h3-5,10-11,13,17H,6-9,12,21H2,1-2H3,(H,22,23,24). The maximum absolute atomic E-state index is 6.03. The van der Waals surface area contributed by atoms with Gasteiger partial charge in [0.05, 0.1) is 0 Å². The molecule has 4 rings (SSSR count).